The van der Waals surface area contributed by atoms with Crippen molar-refractivity contribution < 1.29 is 22.4 Å². The van der Waals surface area contributed by atoms with Gasteiger partial charge < -0.3 is 14.3 Å². The Hall–Kier alpha value is -4.62. The highest BCUT2D eigenvalue weighted by Crippen LogP contribution is 2.36. The van der Waals surface area contributed by atoms with Gasteiger partial charge in [-0.3, -0.25) is 9.78 Å². The number of nitrogens with one attached hydrogen (secondary N) is 1. The fourth-order valence-corrected chi connectivity index (χ4v) is 4.12. The van der Waals surface area contributed by atoms with Crippen molar-refractivity contribution in [1.29, 1.82) is 0 Å². The van der Waals surface area contributed by atoms with Crippen LogP contribution in [-0.4, -0.2) is 57.1 Å². The first-order valence-corrected chi connectivity index (χ1v) is 10.4. The summed E-state index contributed by atoms with van der Waals surface area (Å²) < 4.78 is 47.0. The third kappa shape index (κ3) is 3.50. The largest absolute Gasteiger partial charge is 0.433 e. The lowest BCUT2D eigenvalue weighted by atomic mass is 9.99. The second-order valence-corrected chi connectivity index (χ2v) is 7.74. The maximum absolute atomic E-state index is 13.5. The predicted octanol–water partition coefficient (Wildman–Crippen LogP) is 2.70. The first kappa shape index (κ1) is 20.9. The molecule has 0 spiro atoms. The first-order chi connectivity index (χ1) is 16.9. The summed E-state index contributed by atoms with van der Waals surface area (Å²) in [6.07, 6.45) is 1.65. The van der Waals surface area contributed by atoms with E-state index in [1.54, 1.807) is 0 Å². The molecule has 1 atom stereocenters. The van der Waals surface area contributed by atoms with Crippen molar-refractivity contribution in [2.24, 2.45) is 0 Å². The minimum Gasteiger partial charge on any atom is -0.411 e. The number of hydrogen-bond acceptors (Lipinski definition) is 8. The van der Waals surface area contributed by atoms with Crippen LogP contribution in [0, 0.1) is 0 Å². The molecule has 5 aromatic rings. The van der Waals surface area contributed by atoms with Gasteiger partial charge in [-0.05, 0) is 18.2 Å². The van der Waals surface area contributed by atoms with Crippen molar-refractivity contribution in [3.8, 4) is 11.6 Å². The normalized spacial score (nSPS) is 16.0. The molecule has 0 bridgehead atoms. The van der Waals surface area contributed by atoms with E-state index >= 15 is 0 Å². The Morgan fingerprint density at radius 3 is 2.86 bits per heavy atom. The number of H-pyrrole nitrogens is 1. The molecule has 176 valence electrons. The van der Waals surface area contributed by atoms with E-state index < -0.39 is 23.8 Å². The number of carbonyl (C=O) groups excluding carboxylic acids is 1. The molecule has 35 heavy (non-hydrogen) atoms. The van der Waals surface area contributed by atoms with Gasteiger partial charge in [0.2, 0.25) is 0 Å². The van der Waals surface area contributed by atoms with Gasteiger partial charge in [0.1, 0.15) is 17.4 Å². The minimum absolute atomic E-state index is 0.0121. The maximum Gasteiger partial charge on any atom is 0.433 e. The summed E-state index contributed by atoms with van der Waals surface area (Å²) in [6, 6.07) is 4.39. The Morgan fingerprint density at radius 1 is 1.17 bits per heavy atom. The van der Waals surface area contributed by atoms with E-state index in [-0.39, 0.29) is 29.5 Å². The van der Waals surface area contributed by atoms with Gasteiger partial charge in [0, 0.05) is 31.1 Å². The molecule has 14 heteroatoms. The van der Waals surface area contributed by atoms with E-state index in [2.05, 4.69) is 35.2 Å². The highest BCUT2D eigenvalue weighted by molar-refractivity contribution is 5.90. The van der Waals surface area contributed by atoms with Gasteiger partial charge in [0.25, 0.3) is 5.89 Å². The molecule has 0 saturated heterocycles. The summed E-state index contributed by atoms with van der Waals surface area (Å²) in [5, 5.41) is 11.9. The zero-order valence-corrected chi connectivity index (χ0v) is 17.6. The van der Waals surface area contributed by atoms with E-state index in [1.807, 2.05) is 0 Å². The topological polar surface area (TPSA) is 131 Å². The molecule has 11 nitrogen and oxygen atoms in total. The van der Waals surface area contributed by atoms with Gasteiger partial charge >= 0.3 is 18.0 Å². The Kier molecular flexibility index (Phi) is 4.62. The standard InChI is InChI=1S/C21H14F3N9O2/c22-21(23,24)15-3-1-2-11-8-13(31-33(11)15)17-16-12(27-10-28-16)4-7-32(17)20(34)19-30-29-18(35-19)14-9-25-5-6-26-14/h1-3,5-6,8-10,17H,4,7H2,(H,27,28). The Balaban J connectivity index is 1.42. The van der Waals surface area contributed by atoms with Gasteiger partial charge in [0.15, 0.2) is 0 Å². The number of aromatic nitrogens is 8. The summed E-state index contributed by atoms with van der Waals surface area (Å²) >= 11 is 0. The van der Waals surface area contributed by atoms with Gasteiger partial charge in [-0.1, -0.05) is 6.07 Å². The van der Waals surface area contributed by atoms with Crippen molar-refractivity contribution in [3.63, 3.8) is 0 Å². The zero-order valence-electron chi connectivity index (χ0n) is 17.6. The molecular weight excluding hydrogens is 467 g/mol. The van der Waals surface area contributed by atoms with E-state index in [1.165, 1.54) is 48.0 Å². The first-order valence-electron chi connectivity index (χ1n) is 10.4. The summed E-state index contributed by atoms with van der Waals surface area (Å²) in [5.41, 5.74) is 1.06. The number of carbonyl (C=O) groups is 1. The second-order valence-electron chi connectivity index (χ2n) is 7.74. The van der Waals surface area contributed by atoms with Crippen molar-refractivity contribution in [2.75, 3.05) is 6.54 Å². The van der Waals surface area contributed by atoms with Crippen LogP contribution in [0.5, 0.6) is 0 Å². The summed E-state index contributed by atoms with van der Waals surface area (Å²) in [6.45, 7) is 0.224. The number of hydrogen-bond donors (Lipinski definition) is 1. The van der Waals surface area contributed by atoms with Gasteiger partial charge in [-0.2, -0.15) is 18.3 Å². The van der Waals surface area contributed by atoms with Gasteiger partial charge in [0.05, 0.1) is 29.4 Å². The average Bonchev–Trinajstić information content (AvgIpc) is 3.61. The Labute approximate surface area is 193 Å². The quantitative estimate of drug-likeness (QED) is 0.416. The van der Waals surface area contributed by atoms with Crippen LogP contribution in [0.1, 0.15) is 39.5 Å². The maximum atomic E-state index is 13.5. The highest BCUT2D eigenvalue weighted by Gasteiger charge is 2.39. The molecule has 0 fully saturated rings. The van der Waals surface area contributed by atoms with Crippen molar-refractivity contribution >= 4 is 11.4 Å². The van der Waals surface area contributed by atoms with Crippen molar-refractivity contribution in [3.05, 3.63) is 77.8 Å². The molecule has 1 amide bonds. The monoisotopic (exact) mass is 481 g/mol. The van der Waals surface area contributed by atoms with Crippen molar-refractivity contribution in [1.82, 2.24) is 44.6 Å². The Morgan fingerprint density at radius 2 is 2.06 bits per heavy atom. The number of fused-ring (bicyclic) bond motifs is 2. The lowest BCUT2D eigenvalue weighted by molar-refractivity contribution is -0.142. The molecular formula is C21H14F3N9O2. The van der Waals surface area contributed by atoms with E-state index in [0.29, 0.717) is 17.8 Å². The number of pyridine rings is 1. The number of halogens is 3. The van der Waals surface area contributed by atoms with E-state index in [9.17, 15) is 18.0 Å². The van der Waals surface area contributed by atoms with Crippen LogP contribution >= 0.6 is 0 Å². The van der Waals surface area contributed by atoms with Crippen LogP contribution < -0.4 is 0 Å². The molecule has 5 aromatic heterocycles. The SMILES string of the molecule is O=C(c1nnc(-c2cnccn2)o1)N1CCc2[nH]cnc2C1c1cc2cccc(C(F)(F)F)n2n1. The van der Waals surface area contributed by atoms with E-state index in [0.717, 1.165) is 16.3 Å². The third-order valence-electron chi connectivity index (χ3n) is 5.65. The fraction of sp³-hybridized carbons (Fsp3) is 0.190. The number of alkyl halides is 3. The fourth-order valence-electron chi connectivity index (χ4n) is 4.12. The number of rotatable bonds is 3. The number of nitrogens with zero attached hydrogens (tertiary/aromatic N) is 8. The Bertz CT molecular complexity index is 1540. The summed E-state index contributed by atoms with van der Waals surface area (Å²) in [4.78, 5) is 30.2. The average molecular weight is 481 g/mol. The van der Waals surface area contributed by atoms with E-state index in [4.69, 9.17) is 4.42 Å². The third-order valence-corrected chi connectivity index (χ3v) is 5.65. The number of amides is 1. The lowest BCUT2D eigenvalue weighted by Gasteiger charge is -2.32. The second kappa shape index (κ2) is 7.72. The molecule has 1 unspecified atom stereocenters. The van der Waals surface area contributed by atoms with Crippen LogP contribution in [0.25, 0.3) is 17.1 Å². The zero-order chi connectivity index (χ0) is 24.2. The molecule has 6 heterocycles. The lowest BCUT2D eigenvalue weighted by Crippen LogP contribution is -2.41. The van der Waals surface area contributed by atoms with Gasteiger partial charge in [-0.15, -0.1) is 10.2 Å². The highest BCUT2D eigenvalue weighted by atomic mass is 19.4. The van der Waals surface area contributed by atoms with Crippen LogP contribution in [0.15, 0.2) is 53.6 Å². The number of imidazole rings is 1. The van der Waals surface area contributed by atoms with Crippen LogP contribution in [-0.2, 0) is 12.6 Å². The summed E-state index contributed by atoms with van der Waals surface area (Å²) in [5.74, 6) is -0.896. The number of aromatic amines is 1. The summed E-state index contributed by atoms with van der Waals surface area (Å²) in [7, 11) is 0. The van der Waals surface area contributed by atoms with Crippen molar-refractivity contribution in [2.45, 2.75) is 18.6 Å². The minimum atomic E-state index is -4.61. The smallest absolute Gasteiger partial charge is 0.411 e. The molecule has 1 aliphatic rings. The molecule has 0 saturated carbocycles. The van der Waals surface area contributed by atoms with Crippen LogP contribution in [0.3, 0.4) is 0 Å². The molecule has 6 rings (SSSR count). The predicted molar refractivity (Wildman–Crippen MR) is 111 cm³/mol. The molecule has 0 aliphatic carbocycles. The molecule has 1 N–H and O–H groups in total. The molecule has 0 radical (unpaired) electrons. The molecule has 1 aliphatic heterocycles. The van der Waals surface area contributed by atoms with Crippen LogP contribution in [0.2, 0.25) is 0 Å². The van der Waals surface area contributed by atoms with Gasteiger partial charge in [-0.25, -0.2) is 14.5 Å². The van der Waals surface area contributed by atoms with Crippen LogP contribution in [0.4, 0.5) is 13.2 Å². The molecule has 0 aromatic carbocycles.